The van der Waals surface area contributed by atoms with Gasteiger partial charge in [-0.05, 0) is 42.8 Å². The van der Waals surface area contributed by atoms with Crippen molar-refractivity contribution in [2.75, 3.05) is 13.7 Å². The van der Waals surface area contributed by atoms with Crippen molar-refractivity contribution in [1.29, 1.82) is 0 Å². The molecule has 0 spiro atoms. The highest BCUT2D eigenvalue weighted by Crippen LogP contribution is 2.29. The van der Waals surface area contributed by atoms with E-state index in [1.165, 1.54) is 12.1 Å². The topological polar surface area (TPSA) is 58.6 Å². The molecule has 26 heavy (non-hydrogen) atoms. The van der Waals surface area contributed by atoms with Gasteiger partial charge >= 0.3 is 6.18 Å². The lowest BCUT2D eigenvalue weighted by molar-refractivity contribution is -0.137. The zero-order valence-electron chi connectivity index (χ0n) is 14.4. The number of alkyl halides is 3. The number of carbonyl (C=O) groups excluding carboxylic acids is 1. The lowest BCUT2D eigenvalue weighted by atomic mass is 9.96. The zero-order valence-corrected chi connectivity index (χ0v) is 14.4. The van der Waals surface area contributed by atoms with Crippen molar-refractivity contribution in [2.45, 2.75) is 25.1 Å². The summed E-state index contributed by atoms with van der Waals surface area (Å²) in [5, 5.41) is 12.9. The SMILES string of the molecule is COc1ccc(C[C@@](C)(O)CNC(=O)c2cccc(C(F)(F)F)c2)cc1. The highest BCUT2D eigenvalue weighted by atomic mass is 19.4. The van der Waals surface area contributed by atoms with E-state index in [2.05, 4.69) is 5.32 Å². The van der Waals surface area contributed by atoms with Gasteiger partial charge in [0.25, 0.3) is 5.91 Å². The number of benzene rings is 2. The van der Waals surface area contributed by atoms with Crippen LogP contribution in [0.4, 0.5) is 13.2 Å². The Labute approximate surface area is 149 Å². The second-order valence-electron chi connectivity index (χ2n) is 6.28. The van der Waals surface area contributed by atoms with Gasteiger partial charge in [0.2, 0.25) is 0 Å². The Bertz CT molecular complexity index is 755. The number of rotatable bonds is 6. The first kappa shape index (κ1) is 19.8. The zero-order chi connectivity index (χ0) is 19.4. The third-order valence-electron chi connectivity index (χ3n) is 3.83. The Balaban J connectivity index is 1.98. The molecule has 0 bridgehead atoms. The molecule has 0 saturated heterocycles. The quantitative estimate of drug-likeness (QED) is 0.822. The molecule has 0 aliphatic rings. The van der Waals surface area contributed by atoms with Gasteiger partial charge in [0.05, 0.1) is 18.3 Å². The molecule has 0 unspecified atom stereocenters. The van der Waals surface area contributed by atoms with Gasteiger partial charge in [-0.3, -0.25) is 4.79 Å². The Hall–Kier alpha value is -2.54. The average molecular weight is 367 g/mol. The van der Waals surface area contributed by atoms with Crippen molar-refractivity contribution in [3.63, 3.8) is 0 Å². The number of hydrogen-bond donors (Lipinski definition) is 2. The van der Waals surface area contributed by atoms with Crippen LogP contribution in [0, 0.1) is 0 Å². The summed E-state index contributed by atoms with van der Waals surface area (Å²) < 4.78 is 43.2. The van der Waals surface area contributed by atoms with Gasteiger partial charge in [-0.1, -0.05) is 18.2 Å². The minimum atomic E-state index is -4.52. The number of amides is 1. The van der Waals surface area contributed by atoms with Gasteiger partial charge in [0.1, 0.15) is 5.75 Å². The Morgan fingerprint density at radius 3 is 2.38 bits per heavy atom. The lowest BCUT2D eigenvalue weighted by Crippen LogP contribution is -2.42. The summed E-state index contributed by atoms with van der Waals surface area (Å²) >= 11 is 0. The number of hydrogen-bond acceptors (Lipinski definition) is 3. The molecule has 4 nitrogen and oxygen atoms in total. The lowest BCUT2D eigenvalue weighted by Gasteiger charge is -2.24. The van der Waals surface area contributed by atoms with E-state index in [-0.39, 0.29) is 18.5 Å². The molecule has 0 radical (unpaired) electrons. The van der Waals surface area contributed by atoms with Crippen LogP contribution in [0.3, 0.4) is 0 Å². The molecule has 2 rings (SSSR count). The number of methoxy groups -OCH3 is 1. The summed E-state index contributed by atoms with van der Waals surface area (Å²) in [6.07, 6.45) is -4.25. The van der Waals surface area contributed by atoms with Crippen LogP contribution in [-0.2, 0) is 12.6 Å². The number of halogens is 3. The van der Waals surface area contributed by atoms with E-state index in [0.29, 0.717) is 5.75 Å². The minimum Gasteiger partial charge on any atom is -0.497 e. The first-order valence-corrected chi connectivity index (χ1v) is 7.91. The highest BCUT2D eigenvalue weighted by Gasteiger charge is 2.31. The summed E-state index contributed by atoms with van der Waals surface area (Å²) in [6.45, 7) is 1.44. The molecule has 2 N–H and O–H groups in total. The summed E-state index contributed by atoms with van der Waals surface area (Å²) in [7, 11) is 1.55. The molecular weight excluding hydrogens is 347 g/mol. The Morgan fingerprint density at radius 2 is 1.81 bits per heavy atom. The van der Waals surface area contributed by atoms with Crippen molar-refractivity contribution in [3.05, 3.63) is 65.2 Å². The third kappa shape index (κ3) is 5.49. The average Bonchev–Trinajstić information content (AvgIpc) is 2.59. The molecule has 0 aliphatic carbocycles. The fraction of sp³-hybridized carbons (Fsp3) is 0.316. The van der Waals surface area contributed by atoms with E-state index in [1.807, 2.05) is 0 Å². The fourth-order valence-electron chi connectivity index (χ4n) is 2.46. The molecule has 1 atom stereocenters. The van der Waals surface area contributed by atoms with Crippen molar-refractivity contribution < 1.29 is 27.8 Å². The highest BCUT2D eigenvalue weighted by molar-refractivity contribution is 5.94. The maximum Gasteiger partial charge on any atom is 0.416 e. The Kier molecular flexibility index (Phi) is 5.92. The largest absolute Gasteiger partial charge is 0.497 e. The van der Waals surface area contributed by atoms with Crippen LogP contribution < -0.4 is 10.1 Å². The maximum absolute atomic E-state index is 12.7. The summed E-state index contributed by atoms with van der Waals surface area (Å²) in [5.74, 6) is 0.0114. The molecule has 140 valence electrons. The van der Waals surface area contributed by atoms with Crippen LogP contribution in [-0.4, -0.2) is 30.3 Å². The monoisotopic (exact) mass is 367 g/mol. The van der Waals surface area contributed by atoms with Gasteiger partial charge < -0.3 is 15.2 Å². The maximum atomic E-state index is 12.7. The van der Waals surface area contributed by atoms with Gasteiger partial charge in [-0.2, -0.15) is 13.2 Å². The number of nitrogens with one attached hydrogen (secondary N) is 1. The van der Waals surface area contributed by atoms with Crippen molar-refractivity contribution in [1.82, 2.24) is 5.32 Å². The number of aliphatic hydroxyl groups is 1. The fourth-order valence-corrected chi connectivity index (χ4v) is 2.46. The molecule has 0 heterocycles. The van der Waals surface area contributed by atoms with Gasteiger partial charge in [-0.15, -0.1) is 0 Å². The van der Waals surface area contributed by atoms with E-state index in [4.69, 9.17) is 4.74 Å². The molecule has 2 aromatic carbocycles. The molecule has 7 heteroatoms. The first-order valence-electron chi connectivity index (χ1n) is 7.91. The van der Waals surface area contributed by atoms with Crippen molar-refractivity contribution in [2.24, 2.45) is 0 Å². The van der Waals surface area contributed by atoms with Gasteiger partial charge in [-0.25, -0.2) is 0 Å². The second kappa shape index (κ2) is 7.78. The summed E-state index contributed by atoms with van der Waals surface area (Å²) in [5.41, 5.74) is -1.43. The van der Waals surface area contributed by atoms with E-state index in [0.717, 1.165) is 17.7 Å². The molecule has 2 aromatic rings. The van der Waals surface area contributed by atoms with E-state index >= 15 is 0 Å². The number of ether oxygens (including phenoxy) is 1. The molecular formula is C19H20F3NO3. The Morgan fingerprint density at radius 1 is 1.15 bits per heavy atom. The summed E-state index contributed by atoms with van der Waals surface area (Å²) in [6, 6.07) is 11.3. The van der Waals surface area contributed by atoms with E-state index < -0.39 is 23.2 Å². The second-order valence-corrected chi connectivity index (χ2v) is 6.28. The molecule has 0 saturated carbocycles. The van der Waals surface area contributed by atoms with Crippen LogP contribution >= 0.6 is 0 Å². The van der Waals surface area contributed by atoms with Crippen LogP contribution in [0.15, 0.2) is 48.5 Å². The van der Waals surface area contributed by atoms with Crippen molar-refractivity contribution in [3.8, 4) is 5.75 Å². The van der Waals surface area contributed by atoms with Crippen LogP contribution in [0.25, 0.3) is 0 Å². The molecule has 0 aromatic heterocycles. The van der Waals surface area contributed by atoms with E-state index in [1.54, 1.807) is 38.3 Å². The van der Waals surface area contributed by atoms with Crippen LogP contribution in [0.5, 0.6) is 5.75 Å². The standard InChI is InChI=1S/C19H20F3NO3/c1-18(25,11-13-6-8-16(26-2)9-7-13)12-23-17(24)14-4-3-5-15(10-14)19(20,21)22/h3-10,25H,11-12H2,1-2H3,(H,23,24)/t18-/m1/s1. The molecule has 0 aliphatic heterocycles. The van der Waals surface area contributed by atoms with Crippen LogP contribution in [0.1, 0.15) is 28.4 Å². The van der Waals surface area contributed by atoms with Crippen LogP contribution in [0.2, 0.25) is 0 Å². The normalized spacial score (nSPS) is 13.8. The van der Waals surface area contributed by atoms with E-state index in [9.17, 15) is 23.1 Å². The predicted octanol–water partition coefficient (Wildman–Crippen LogP) is 3.44. The molecule has 0 fully saturated rings. The summed E-state index contributed by atoms with van der Waals surface area (Å²) in [4.78, 5) is 12.1. The third-order valence-corrected chi connectivity index (χ3v) is 3.83. The predicted molar refractivity (Wildman–Crippen MR) is 91.1 cm³/mol. The first-order chi connectivity index (χ1) is 12.1. The van der Waals surface area contributed by atoms with Gasteiger partial charge in [0.15, 0.2) is 0 Å². The van der Waals surface area contributed by atoms with Gasteiger partial charge in [0, 0.05) is 18.5 Å². The smallest absolute Gasteiger partial charge is 0.416 e. The molecule has 1 amide bonds. The minimum absolute atomic E-state index is 0.103. The van der Waals surface area contributed by atoms with Crippen molar-refractivity contribution >= 4 is 5.91 Å². The number of carbonyl (C=O) groups is 1.